The van der Waals surface area contributed by atoms with Crippen molar-refractivity contribution < 1.29 is 8.42 Å². The number of hydrogen-bond donors (Lipinski definition) is 1. The third-order valence-corrected chi connectivity index (χ3v) is 6.46. The van der Waals surface area contributed by atoms with Gasteiger partial charge in [-0.05, 0) is 18.2 Å². The van der Waals surface area contributed by atoms with Crippen molar-refractivity contribution in [2.45, 2.75) is 10.9 Å². The first-order valence-corrected chi connectivity index (χ1v) is 9.25. The van der Waals surface area contributed by atoms with E-state index < -0.39 is 10.0 Å². The van der Waals surface area contributed by atoms with Gasteiger partial charge in [0.15, 0.2) is 0 Å². The lowest BCUT2D eigenvalue weighted by Gasteiger charge is -2.34. The highest BCUT2D eigenvalue weighted by molar-refractivity contribution is 7.89. The van der Waals surface area contributed by atoms with Crippen molar-refractivity contribution in [2.75, 3.05) is 19.6 Å². The molecule has 0 amide bonds. The third kappa shape index (κ3) is 3.12. The van der Waals surface area contributed by atoms with Crippen LogP contribution in [0.25, 0.3) is 0 Å². The molecule has 0 radical (unpaired) electrons. The molecule has 9 heteroatoms. The van der Waals surface area contributed by atoms with Crippen LogP contribution in [0.1, 0.15) is 11.9 Å². The molecule has 1 aliphatic heterocycles. The fourth-order valence-electron chi connectivity index (χ4n) is 2.70. The van der Waals surface area contributed by atoms with Gasteiger partial charge in [-0.25, -0.2) is 13.4 Å². The lowest BCUT2D eigenvalue weighted by molar-refractivity contribution is 0.258. The Bertz CT molecular complexity index is 822. The normalized spacial score (nSPS) is 19.9. The van der Waals surface area contributed by atoms with Crippen molar-refractivity contribution in [1.29, 1.82) is 0 Å². The average Bonchev–Trinajstić information content (AvgIpc) is 2.93. The summed E-state index contributed by atoms with van der Waals surface area (Å²) in [5, 5.41) is 3.73. The van der Waals surface area contributed by atoms with Crippen molar-refractivity contribution in [3.05, 3.63) is 46.5 Å². The summed E-state index contributed by atoms with van der Waals surface area (Å²) in [5.41, 5.74) is 0. The van der Waals surface area contributed by atoms with Crippen LogP contribution < -0.4 is 5.32 Å². The van der Waals surface area contributed by atoms with E-state index in [1.165, 1.54) is 22.5 Å². The van der Waals surface area contributed by atoms with Crippen LogP contribution in [0, 0.1) is 0 Å². The minimum atomic E-state index is -3.75. The quantitative estimate of drug-likeness (QED) is 0.892. The Morgan fingerprint density at radius 2 is 2.13 bits per heavy atom. The SMILES string of the molecule is Cn1ccnc1C1CNCCN1S(=O)(=O)c1ccc(Cl)cc1Cl. The molecule has 6 nitrogen and oxygen atoms in total. The lowest BCUT2D eigenvalue weighted by atomic mass is 10.2. The smallest absolute Gasteiger partial charge is 0.245 e. The molecule has 1 fully saturated rings. The van der Waals surface area contributed by atoms with Gasteiger partial charge < -0.3 is 9.88 Å². The summed E-state index contributed by atoms with van der Waals surface area (Å²) in [6.45, 7) is 1.42. The number of sulfonamides is 1. The van der Waals surface area contributed by atoms with Gasteiger partial charge in [-0.1, -0.05) is 23.2 Å². The molecule has 1 aromatic heterocycles. The Morgan fingerprint density at radius 1 is 1.35 bits per heavy atom. The molecule has 23 heavy (non-hydrogen) atoms. The number of benzene rings is 1. The summed E-state index contributed by atoms with van der Waals surface area (Å²) < 4.78 is 29.4. The predicted octanol–water partition coefficient (Wildman–Crippen LogP) is 2.06. The molecule has 1 aliphatic rings. The maximum atomic E-state index is 13.1. The van der Waals surface area contributed by atoms with Gasteiger partial charge in [-0.2, -0.15) is 4.31 Å². The molecule has 0 aliphatic carbocycles. The Kier molecular flexibility index (Phi) is 4.66. The van der Waals surface area contributed by atoms with Gasteiger partial charge in [0.2, 0.25) is 10.0 Å². The zero-order valence-corrected chi connectivity index (χ0v) is 14.7. The number of piperazine rings is 1. The summed E-state index contributed by atoms with van der Waals surface area (Å²) in [5.74, 6) is 0.686. The molecule has 0 bridgehead atoms. The van der Waals surface area contributed by atoms with Gasteiger partial charge in [-0.15, -0.1) is 0 Å². The number of nitrogens with one attached hydrogen (secondary N) is 1. The third-order valence-electron chi connectivity index (χ3n) is 3.83. The molecule has 1 saturated heterocycles. The highest BCUT2D eigenvalue weighted by Gasteiger charge is 2.37. The second-order valence-corrected chi connectivity index (χ2v) is 8.01. The van der Waals surface area contributed by atoms with E-state index in [1.54, 1.807) is 12.4 Å². The van der Waals surface area contributed by atoms with E-state index in [2.05, 4.69) is 10.3 Å². The average molecular weight is 375 g/mol. The number of hydrogen-bond acceptors (Lipinski definition) is 4. The minimum absolute atomic E-state index is 0.0599. The second-order valence-electron chi connectivity index (χ2n) is 5.31. The molecule has 1 aromatic carbocycles. The highest BCUT2D eigenvalue weighted by atomic mass is 35.5. The number of nitrogens with zero attached hydrogens (tertiary/aromatic N) is 3. The largest absolute Gasteiger partial charge is 0.337 e. The van der Waals surface area contributed by atoms with Crippen LogP contribution in [0.4, 0.5) is 0 Å². The first kappa shape index (κ1) is 16.7. The van der Waals surface area contributed by atoms with Gasteiger partial charge in [0.05, 0.1) is 11.1 Å². The first-order valence-electron chi connectivity index (χ1n) is 7.06. The van der Waals surface area contributed by atoms with Crippen molar-refractivity contribution in [2.24, 2.45) is 7.05 Å². The molecule has 0 saturated carbocycles. The molecule has 2 heterocycles. The molecule has 3 rings (SSSR count). The summed E-state index contributed by atoms with van der Waals surface area (Å²) in [4.78, 5) is 4.36. The molecule has 2 aromatic rings. The Balaban J connectivity index is 2.04. The van der Waals surface area contributed by atoms with Crippen LogP contribution in [0.2, 0.25) is 10.0 Å². The van der Waals surface area contributed by atoms with E-state index in [4.69, 9.17) is 23.2 Å². The van der Waals surface area contributed by atoms with Crippen LogP contribution in [-0.2, 0) is 17.1 Å². The molecule has 124 valence electrons. The zero-order valence-electron chi connectivity index (χ0n) is 12.4. The molecule has 0 spiro atoms. The highest BCUT2D eigenvalue weighted by Crippen LogP contribution is 2.32. The summed E-state index contributed by atoms with van der Waals surface area (Å²) in [7, 11) is -1.91. The van der Waals surface area contributed by atoms with Gasteiger partial charge >= 0.3 is 0 Å². The second kappa shape index (κ2) is 6.41. The van der Waals surface area contributed by atoms with Crippen molar-refractivity contribution in [3.8, 4) is 0 Å². The Labute approximate surface area is 145 Å². The number of halogens is 2. The van der Waals surface area contributed by atoms with Crippen LogP contribution in [-0.4, -0.2) is 41.9 Å². The van der Waals surface area contributed by atoms with Crippen molar-refractivity contribution in [3.63, 3.8) is 0 Å². The Hall–Kier alpha value is -1.12. The predicted molar refractivity (Wildman–Crippen MR) is 89.2 cm³/mol. The fourth-order valence-corrected chi connectivity index (χ4v) is 5.04. The number of aryl methyl sites for hydroxylation is 1. The summed E-state index contributed by atoms with van der Waals surface area (Å²) >= 11 is 12.0. The molecule has 1 unspecified atom stereocenters. The molecular weight excluding hydrogens is 359 g/mol. The number of rotatable bonds is 3. The van der Waals surface area contributed by atoms with Crippen LogP contribution in [0.3, 0.4) is 0 Å². The monoisotopic (exact) mass is 374 g/mol. The van der Waals surface area contributed by atoms with Gasteiger partial charge in [0, 0.05) is 44.1 Å². The summed E-state index contributed by atoms with van der Waals surface area (Å²) in [6.07, 6.45) is 3.45. The Morgan fingerprint density at radius 3 is 2.78 bits per heavy atom. The molecule has 1 atom stereocenters. The van der Waals surface area contributed by atoms with Crippen molar-refractivity contribution in [1.82, 2.24) is 19.2 Å². The fraction of sp³-hybridized carbons (Fsp3) is 0.357. The van der Waals surface area contributed by atoms with E-state index >= 15 is 0 Å². The maximum Gasteiger partial charge on any atom is 0.245 e. The summed E-state index contributed by atoms with van der Waals surface area (Å²) in [6, 6.07) is 4.02. The molecular formula is C14H16Cl2N4O2S. The number of aromatic nitrogens is 2. The van der Waals surface area contributed by atoms with E-state index in [0.29, 0.717) is 30.5 Å². The maximum absolute atomic E-state index is 13.1. The zero-order chi connectivity index (χ0) is 16.6. The minimum Gasteiger partial charge on any atom is -0.337 e. The van der Waals surface area contributed by atoms with Gasteiger partial charge in [0.25, 0.3) is 0 Å². The first-order chi connectivity index (χ1) is 10.9. The number of imidazole rings is 1. The molecule has 1 N–H and O–H groups in total. The standard InChI is InChI=1S/C14H16Cl2N4O2S/c1-19-6-5-18-14(19)12-9-17-4-7-20(12)23(21,22)13-3-2-10(15)8-11(13)16/h2-3,5-6,8,12,17H,4,7,9H2,1H3. The van der Waals surface area contributed by atoms with E-state index in [9.17, 15) is 8.42 Å². The van der Waals surface area contributed by atoms with Crippen molar-refractivity contribution >= 4 is 33.2 Å². The van der Waals surface area contributed by atoms with Gasteiger partial charge in [0.1, 0.15) is 10.7 Å². The van der Waals surface area contributed by atoms with Gasteiger partial charge in [-0.3, -0.25) is 0 Å². The van der Waals surface area contributed by atoms with E-state index in [-0.39, 0.29) is 16.0 Å². The lowest BCUT2D eigenvalue weighted by Crippen LogP contribution is -2.49. The van der Waals surface area contributed by atoms with Crippen LogP contribution >= 0.6 is 23.2 Å². The topological polar surface area (TPSA) is 67.2 Å². The van der Waals surface area contributed by atoms with E-state index in [1.807, 2.05) is 11.6 Å². The van der Waals surface area contributed by atoms with E-state index in [0.717, 1.165) is 0 Å². The van der Waals surface area contributed by atoms with Crippen LogP contribution in [0.15, 0.2) is 35.5 Å². The van der Waals surface area contributed by atoms with Crippen LogP contribution in [0.5, 0.6) is 0 Å².